The van der Waals surface area contributed by atoms with Gasteiger partial charge in [0.25, 0.3) is 5.91 Å². The number of benzene rings is 1. The predicted octanol–water partition coefficient (Wildman–Crippen LogP) is 4.20. The molecule has 50 heavy (non-hydrogen) atoms. The number of ether oxygens (including phenoxy) is 1. The summed E-state index contributed by atoms with van der Waals surface area (Å²) >= 11 is 1.43. The lowest BCUT2D eigenvalue weighted by molar-refractivity contribution is -0.141. The Balaban J connectivity index is 1.24. The number of carbonyl (C=O) groups excluding carboxylic acids is 3. The minimum atomic E-state index is -3.85. The molecule has 0 unspecified atom stereocenters. The second-order valence-corrected chi connectivity index (χ2v) is 17.6. The average Bonchev–Trinajstić information content (AvgIpc) is 3.96. The number of nitrogens with zero attached hydrogens (tertiary/aromatic N) is 3. The van der Waals surface area contributed by atoms with Crippen molar-refractivity contribution in [1.29, 1.82) is 0 Å². The molecule has 3 aromatic rings. The Hall–Kier alpha value is -4.30. The summed E-state index contributed by atoms with van der Waals surface area (Å²) in [5.41, 5.74) is -0.170. The molecule has 1 aromatic carbocycles. The molecule has 3 fully saturated rings. The highest BCUT2D eigenvalue weighted by Gasteiger charge is 2.62. The van der Waals surface area contributed by atoms with Crippen LogP contribution in [0.15, 0.2) is 54.6 Å². The van der Waals surface area contributed by atoms with Crippen molar-refractivity contribution in [2.45, 2.75) is 88.3 Å². The normalized spacial score (nSPS) is 26.8. The van der Waals surface area contributed by atoms with E-state index in [1.165, 1.54) is 16.2 Å². The number of carbonyl (C=O) groups is 3. The predicted molar refractivity (Wildman–Crippen MR) is 192 cm³/mol. The number of amides is 3. The SMILES string of the molecule is C=C[C@@H]1C[C@]1(NC(=O)[C@@H]1C[C@@H]2CN1C(=O)[C@H](C(C)(C)C)Nc1nc(cs1)CCC=Cc1ccc3ccnc(c3c1)O2)C(=O)NS(=O)(=O)C1CC1. The van der Waals surface area contributed by atoms with Crippen LogP contribution >= 0.6 is 11.3 Å². The summed E-state index contributed by atoms with van der Waals surface area (Å²) in [7, 11) is -3.85. The van der Waals surface area contributed by atoms with Gasteiger partial charge in [0.1, 0.15) is 23.7 Å². The van der Waals surface area contributed by atoms with Crippen LogP contribution in [0.5, 0.6) is 5.88 Å². The van der Waals surface area contributed by atoms with Gasteiger partial charge in [-0.25, -0.2) is 18.4 Å². The third-order valence-corrected chi connectivity index (χ3v) is 12.6. The molecule has 0 spiro atoms. The first-order valence-electron chi connectivity index (χ1n) is 17.0. The van der Waals surface area contributed by atoms with Gasteiger partial charge in [0.05, 0.1) is 17.5 Å². The smallest absolute Gasteiger partial charge is 0.259 e. The minimum absolute atomic E-state index is 0.0894. The van der Waals surface area contributed by atoms with Crippen molar-refractivity contribution in [3.8, 4) is 5.88 Å². The molecule has 14 heteroatoms. The quantitative estimate of drug-likeness (QED) is 0.318. The molecular formula is C36H42N6O6S2. The molecule has 264 valence electrons. The third kappa shape index (κ3) is 6.74. The van der Waals surface area contributed by atoms with Crippen molar-refractivity contribution in [2.75, 3.05) is 11.9 Å². The van der Waals surface area contributed by atoms with Crippen LogP contribution in [0.25, 0.3) is 16.8 Å². The van der Waals surface area contributed by atoms with Gasteiger partial charge in [-0.05, 0) is 60.6 Å². The van der Waals surface area contributed by atoms with Crippen LogP contribution in [-0.2, 0) is 30.8 Å². The summed E-state index contributed by atoms with van der Waals surface area (Å²) in [6.45, 7) is 9.73. The fourth-order valence-electron chi connectivity index (χ4n) is 6.79. The molecule has 4 heterocycles. The molecule has 0 radical (unpaired) electrons. The van der Waals surface area contributed by atoms with Gasteiger partial charge < -0.3 is 20.3 Å². The second kappa shape index (κ2) is 12.8. The Bertz CT molecular complexity index is 2000. The lowest BCUT2D eigenvalue weighted by Gasteiger charge is -2.35. The van der Waals surface area contributed by atoms with E-state index in [2.05, 4.69) is 39.1 Å². The molecule has 5 atom stereocenters. The highest BCUT2D eigenvalue weighted by atomic mass is 32.2. The molecule has 7 rings (SSSR count). The number of hydrogen-bond acceptors (Lipinski definition) is 10. The van der Waals surface area contributed by atoms with Crippen LogP contribution in [0.1, 0.15) is 64.1 Å². The molecular weight excluding hydrogens is 677 g/mol. The number of fused-ring (bicyclic) bond motifs is 5. The molecule has 3 amide bonds. The van der Waals surface area contributed by atoms with Crippen molar-refractivity contribution in [1.82, 2.24) is 24.9 Å². The van der Waals surface area contributed by atoms with E-state index in [9.17, 15) is 22.8 Å². The highest BCUT2D eigenvalue weighted by Crippen LogP contribution is 2.45. The van der Waals surface area contributed by atoms with Crippen LogP contribution in [0.4, 0.5) is 5.13 Å². The lowest BCUT2D eigenvalue weighted by Crippen LogP contribution is -2.58. The number of anilines is 1. The molecule has 4 aliphatic rings. The molecule has 2 aromatic heterocycles. The third-order valence-electron chi connectivity index (χ3n) is 9.94. The Morgan fingerprint density at radius 1 is 1.22 bits per heavy atom. The summed E-state index contributed by atoms with van der Waals surface area (Å²) in [4.78, 5) is 53.2. The van der Waals surface area contributed by atoms with Crippen LogP contribution in [-0.4, -0.2) is 76.5 Å². The topological polar surface area (TPSA) is 160 Å². The van der Waals surface area contributed by atoms with Crippen molar-refractivity contribution in [3.05, 3.63) is 65.8 Å². The summed E-state index contributed by atoms with van der Waals surface area (Å²) in [5.74, 6) is -1.74. The fourth-order valence-corrected chi connectivity index (χ4v) is 8.92. The Morgan fingerprint density at radius 3 is 2.74 bits per heavy atom. The molecule has 12 nitrogen and oxygen atoms in total. The van der Waals surface area contributed by atoms with E-state index in [1.54, 1.807) is 12.3 Å². The van der Waals surface area contributed by atoms with E-state index in [1.807, 2.05) is 50.4 Å². The second-order valence-electron chi connectivity index (χ2n) is 14.8. The minimum Gasteiger partial charge on any atom is -0.472 e. The largest absolute Gasteiger partial charge is 0.472 e. The van der Waals surface area contributed by atoms with Crippen LogP contribution in [0.2, 0.25) is 0 Å². The van der Waals surface area contributed by atoms with Gasteiger partial charge in [0.2, 0.25) is 27.7 Å². The highest BCUT2D eigenvalue weighted by molar-refractivity contribution is 7.91. The zero-order valence-electron chi connectivity index (χ0n) is 28.3. The maximum atomic E-state index is 14.6. The molecule has 2 saturated carbocycles. The van der Waals surface area contributed by atoms with Crippen molar-refractivity contribution in [3.63, 3.8) is 0 Å². The first kappa shape index (κ1) is 34.2. The van der Waals surface area contributed by atoms with Gasteiger partial charge in [0.15, 0.2) is 5.13 Å². The average molecular weight is 719 g/mol. The van der Waals surface area contributed by atoms with Gasteiger partial charge in [-0.1, -0.05) is 51.1 Å². The molecule has 1 saturated heterocycles. The number of pyridine rings is 1. The first-order valence-corrected chi connectivity index (χ1v) is 19.4. The van der Waals surface area contributed by atoms with Crippen LogP contribution in [0.3, 0.4) is 0 Å². The van der Waals surface area contributed by atoms with E-state index >= 15 is 0 Å². The molecule has 2 aliphatic carbocycles. The number of allylic oxidation sites excluding steroid dienone is 1. The lowest BCUT2D eigenvalue weighted by atomic mass is 9.85. The standard InChI is InChI=1S/C36H42N6O6S2/c1-5-23-18-36(23,33(45)41-50(46,47)26-12-13-26)40-30(43)28-17-25-19-42(28)32(44)29(35(2,3)4)39-34-38-24(20-49-34)9-7-6-8-21-10-11-22-14-15-37-31(48-25)27(22)16-21/h5-6,8,10-11,14-16,20,23,25-26,28-29H,1,7,9,12-13,17-19H2,2-4H3,(H,38,39)(H,40,43)(H,41,45)/t23-,25-,28+,29-,36-/m1/s1. The van der Waals surface area contributed by atoms with Gasteiger partial charge in [0, 0.05) is 29.3 Å². The summed E-state index contributed by atoms with van der Waals surface area (Å²) in [6.07, 6.45) is 9.60. The number of hydrogen-bond donors (Lipinski definition) is 3. The van der Waals surface area contributed by atoms with Crippen LogP contribution in [0, 0.1) is 11.3 Å². The number of aromatic nitrogens is 2. The number of thiazole rings is 1. The monoisotopic (exact) mass is 718 g/mol. The number of rotatable bonds is 6. The molecule has 3 N–H and O–H groups in total. The Labute approximate surface area is 295 Å². The van der Waals surface area contributed by atoms with E-state index < -0.39 is 62.1 Å². The van der Waals surface area contributed by atoms with Gasteiger partial charge in [-0.2, -0.15) is 0 Å². The number of nitrogens with one attached hydrogen (secondary N) is 3. The summed E-state index contributed by atoms with van der Waals surface area (Å²) in [5, 5.41) is 9.95. The van der Waals surface area contributed by atoms with Crippen molar-refractivity contribution < 1.29 is 27.5 Å². The van der Waals surface area contributed by atoms with Crippen LogP contribution < -0.4 is 20.1 Å². The molecule has 2 aliphatic heterocycles. The Morgan fingerprint density at radius 2 is 2.02 bits per heavy atom. The van der Waals surface area contributed by atoms with E-state index in [-0.39, 0.29) is 25.3 Å². The fraction of sp³-hybridized carbons (Fsp3) is 0.472. The van der Waals surface area contributed by atoms with E-state index in [0.29, 0.717) is 23.9 Å². The maximum absolute atomic E-state index is 14.6. The number of aryl methyl sites for hydroxylation is 1. The Kier molecular flexibility index (Phi) is 8.74. The zero-order chi connectivity index (χ0) is 35.4. The number of sulfonamides is 1. The van der Waals surface area contributed by atoms with E-state index in [4.69, 9.17) is 9.72 Å². The van der Waals surface area contributed by atoms with Gasteiger partial charge in [-0.15, -0.1) is 17.9 Å². The zero-order valence-corrected chi connectivity index (χ0v) is 30.0. The summed E-state index contributed by atoms with van der Waals surface area (Å²) in [6, 6.07) is 6.19. The van der Waals surface area contributed by atoms with Crippen molar-refractivity contribution >= 4 is 61.1 Å². The van der Waals surface area contributed by atoms with Gasteiger partial charge >= 0.3 is 0 Å². The van der Waals surface area contributed by atoms with E-state index in [0.717, 1.165) is 34.9 Å². The molecule has 6 bridgehead atoms. The van der Waals surface area contributed by atoms with Crippen molar-refractivity contribution in [2.24, 2.45) is 11.3 Å². The summed E-state index contributed by atoms with van der Waals surface area (Å²) < 4.78 is 34.1. The maximum Gasteiger partial charge on any atom is 0.259 e. The van der Waals surface area contributed by atoms with Gasteiger partial charge in [-0.3, -0.25) is 19.1 Å². The first-order chi connectivity index (χ1) is 23.8.